The smallest absolute Gasteiger partial charge is 0.246 e. The molecule has 1 aromatic rings. The van der Waals surface area contributed by atoms with Crippen molar-refractivity contribution in [3.8, 4) is 0 Å². The van der Waals surface area contributed by atoms with Crippen molar-refractivity contribution in [2.75, 3.05) is 36.5 Å². The van der Waals surface area contributed by atoms with Crippen LogP contribution in [-0.4, -0.2) is 32.6 Å². The van der Waals surface area contributed by atoms with Crippen LogP contribution < -0.4 is 15.5 Å². The van der Waals surface area contributed by atoms with Crippen molar-refractivity contribution < 1.29 is 4.79 Å². The lowest BCUT2D eigenvalue weighted by Gasteiger charge is -2.35. The van der Waals surface area contributed by atoms with Crippen LogP contribution in [0.15, 0.2) is 22.7 Å². The number of likely N-dealkylation sites (N-methyl/N-ethyl adjacent to an activating group) is 1. The highest BCUT2D eigenvalue weighted by molar-refractivity contribution is 9.10. The third kappa shape index (κ3) is 1.92. The van der Waals surface area contributed by atoms with E-state index >= 15 is 0 Å². The Hall–Kier alpha value is -1.07. The molecule has 1 heterocycles. The lowest BCUT2D eigenvalue weighted by Crippen LogP contribution is -2.45. The topological polar surface area (TPSA) is 49.6 Å². The van der Waals surface area contributed by atoms with E-state index in [4.69, 9.17) is 5.73 Å². The van der Waals surface area contributed by atoms with Gasteiger partial charge in [0.25, 0.3) is 0 Å². The molecule has 0 atom stereocenters. The maximum atomic E-state index is 11.8. The van der Waals surface area contributed by atoms with Gasteiger partial charge in [0.15, 0.2) is 0 Å². The fourth-order valence-corrected chi connectivity index (χ4v) is 2.23. The van der Waals surface area contributed by atoms with Crippen molar-refractivity contribution in [3.05, 3.63) is 22.7 Å². The van der Waals surface area contributed by atoms with Crippen molar-refractivity contribution in [1.82, 2.24) is 0 Å². The Morgan fingerprint density at radius 2 is 2.19 bits per heavy atom. The first-order chi connectivity index (χ1) is 7.63. The highest BCUT2D eigenvalue weighted by atomic mass is 79.9. The Kier molecular flexibility index (Phi) is 3.16. The van der Waals surface area contributed by atoms with Gasteiger partial charge in [-0.05, 0) is 18.2 Å². The predicted molar refractivity (Wildman–Crippen MR) is 68.8 cm³/mol. The van der Waals surface area contributed by atoms with E-state index in [2.05, 4.69) is 15.9 Å². The average molecular weight is 284 g/mol. The molecule has 2 rings (SSSR count). The Bertz CT molecular complexity index is 422. The van der Waals surface area contributed by atoms with Crippen LogP contribution in [0, 0.1) is 0 Å². The number of nitrogens with zero attached hydrogens (tertiary/aromatic N) is 2. The molecule has 1 amide bonds. The molecule has 86 valence electrons. The maximum Gasteiger partial charge on any atom is 0.246 e. The number of nitrogens with two attached hydrogens (primary N) is 1. The lowest BCUT2D eigenvalue weighted by molar-refractivity contribution is -0.117. The van der Waals surface area contributed by atoms with Crippen molar-refractivity contribution in [2.24, 2.45) is 5.73 Å². The Morgan fingerprint density at radius 3 is 2.88 bits per heavy atom. The van der Waals surface area contributed by atoms with Gasteiger partial charge < -0.3 is 15.5 Å². The summed E-state index contributed by atoms with van der Waals surface area (Å²) in [6.45, 7) is 1.64. The first kappa shape index (κ1) is 11.4. The minimum Gasteiger partial charge on any atom is -0.359 e. The van der Waals surface area contributed by atoms with Crippen LogP contribution in [0.4, 0.5) is 11.4 Å². The van der Waals surface area contributed by atoms with Gasteiger partial charge >= 0.3 is 0 Å². The largest absolute Gasteiger partial charge is 0.359 e. The SMILES string of the molecule is CN1C(=O)CN(CCN)c2cc(Br)ccc21. The number of fused-ring (bicyclic) bond motifs is 1. The zero-order valence-electron chi connectivity index (χ0n) is 9.11. The monoisotopic (exact) mass is 283 g/mol. The van der Waals surface area contributed by atoms with E-state index < -0.39 is 0 Å². The second-order valence-electron chi connectivity index (χ2n) is 3.80. The molecule has 16 heavy (non-hydrogen) atoms. The highest BCUT2D eigenvalue weighted by Crippen LogP contribution is 2.34. The van der Waals surface area contributed by atoms with Crippen molar-refractivity contribution in [1.29, 1.82) is 0 Å². The Labute approximate surface area is 103 Å². The van der Waals surface area contributed by atoms with E-state index in [0.717, 1.165) is 15.8 Å². The fourth-order valence-electron chi connectivity index (χ4n) is 1.88. The molecule has 4 nitrogen and oxygen atoms in total. The van der Waals surface area contributed by atoms with Crippen LogP contribution in [0.25, 0.3) is 0 Å². The van der Waals surface area contributed by atoms with Crippen molar-refractivity contribution >= 4 is 33.2 Å². The van der Waals surface area contributed by atoms with Crippen LogP contribution in [0.5, 0.6) is 0 Å². The first-order valence-electron chi connectivity index (χ1n) is 5.14. The molecular weight excluding hydrogens is 270 g/mol. The van der Waals surface area contributed by atoms with Crippen LogP contribution in [0.2, 0.25) is 0 Å². The number of anilines is 2. The molecule has 1 aromatic carbocycles. The summed E-state index contributed by atoms with van der Waals surface area (Å²) < 4.78 is 1.01. The quantitative estimate of drug-likeness (QED) is 0.887. The number of benzene rings is 1. The predicted octanol–water partition coefficient (Wildman–Crippen LogP) is 1.19. The molecule has 5 heteroatoms. The van der Waals surface area contributed by atoms with Crippen LogP contribution in [0.3, 0.4) is 0 Å². The average Bonchev–Trinajstić information content (AvgIpc) is 2.26. The molecule has 0 saturated heterocycles. The minimum absolute atomic E-state index is 0.100. The highest BCUT2D eigenvalue weighted by Gasteiger charge is 2.26. The van der Waals surface area contributed by atoms with Gasteiger partial charge in [-0.25, -0.2) is 0 Å². The molecule has 0 unspecified atom stereocenters. The number of halogens is 1. The Balaban J connectivity index is 2.45. The second-order valence-corrected chi connectivity index (χ2v) is 4.71. The molecule has 0 aliphatic carbocycles. The van der Waals surface area contributed by atoms with E-state index in [1.54, 1.807) is 11.9 Å². The van der Waals surface area contributed by atoms with Gasteiger partial charge in [0.05, 0.1) is 17.9 Å². The molecular formula is C11H14BrN3O. The molecule has 0 saturated carbocycles. The molecule has 0 spiro atoms. The molecule has 0 aromatic heterocycles. The van der Waals surface area contributed by atoms with Gasteiger partial charge in [-0.2, -0.15) is 0 Å². The number of hydrogen-bond donors (Lipinski definition) is 1. The van der Waals surface area contributed by atoms with E-state index in [9.17, 15) is 4.79 Å². The first-order valence-corrected chi connectivity index (χ1v) is 5.94. The molecule has 1 aliphatic rings. The van der Waals surface area contributed by atoms with E-state index in [1.807, 2.05) is 23.1 Å². The molecule has 1 aliphatic heterocycles. The van der Waals surface area contributed by atoms with Gasteiger partial charge in [0.1, 0.15) is 0 Å². The zero-order valence-corrected chi connectivity index (χ0v) is 10.7. The summed E-state index contributed by atoms with van der Waals surface area (Å²) in [6.07, 6.45) is 0. The summed E-state index contributed by atoms with van der Waals surface area (Å²) in [6, 6.07) is 5.91. The zero-order chi connectivity index (χ0) is 11.7. The molecule has 0 fully saturated rings. The minimum atomic E-state index is 0.100. The number of carbonyl (C=O) groups excluding carboxylic acids is 1. The van der Waals surface area contributed by atoms with Gasteiger partial charge in [-0.1, -0.05) is 15.9 Å². The second kappa shape index (κ2) is 4.43. The number of amides is 1. The van der Waals surface area contributed by atoms with Crippen LogP contribution >= 0.6 is 15.9 Å². The van der Waals surface area contributed by atoms with E-state index in [1.165, 1.54) is 0 Å². The number of hydrogen-bond acceptors (Lipinski definition) is 3. The number of rotatable bonds is 2. The van der Waals surface area contributed by atoms with Crippen LogP contribution in [0.1, 0.15) is 0 Å². The Morgan fingerprint density at radius 1 is 1.44 bits per heavy atom. The molecule has 0 radical (unpaired) electrons. The van der Waals surface area contributed by atoms with Crippen molar-refractivity contribution in [3.63, 3.8) is 0 Å². The summed E-state index contributed by atoms with van der Waals surface area (Å²) >= 11 is 3.44. The van der Waals surface area contributed by atoms with Gasteiger partial charge in [-0.15, -0.1) is 0 Å². The molecule has 0 bridgehead atoms. The van der Waals surface area contributed by atoms with Crippen molar-refractivity contribution in [2.45, 2.75) is 0 Å². The summed E-state index contributed by atoms with van der Waals surface area (Å²) in [5.74, 6) is 0.100. The van der Waals surface area contributed by atoms with Gasteiger partial charge in [0.2, 0.25) is 5.91 Å². The fraction of sp³-hybridized carbons (Fsp3) is 0.364. The van der Waals surface area contributed by atoms with E-state index in [0.29, 0.717) is 19.6 Å². The summed E-state index contributed by atoms with van der Waals surface area (Å²) in [7, 11) is 1.80. The van der Waals surface area contributed by atoms with Gasteiger partial charge in [-0.3, -0.25) is 4.79 Å². The summed E-state index contributed by atoms with van der Waals surface area (Å²) in [4.78, 5) is 15.5. The third-order valence-electron chi connectivity index (χ3n) is 2.74. The maximum absolute atomic E-state index is 11.8. The number of carbonyl (C=O) groups is 1. The van der Waals surface area contributed by atoms with Gasteiger partial charge in [0, 0.05) is 24.6 Å². The van der Waals surface area contributed by atoms with E-state index in [-0.39, 0.29) is 5.91 Å². The lowest BCUT2D eigenvalue weighted by atomic mass is 10.1. The van der Waals surface area contributed by atoms with Crippen LogP contribution in [-0.2, 0) is 4.79 Å². The molecule has 2 N–H and O–H groups in total. The summed E-state index contributed by atoms with van der Waals surface area (Å²) in [5.41, 5.74) is 7.55. The summed E-state index contributed by atoms with van der Waals surface area (Å²) in [5, 5.41) is 0. The normalized spacial score (nSPS) is 15.3. The third-order valence-corrected chi connectivity index (χ3v) is 3.23. The standard InChI is InChI=1S/C11H14BrN3O/c1-14-9-3-2-8(12)6-10(9)15(5-4-13)7-11(14)16/h2-3,6H,4-5,7,13H2,1H3.